The summed E-state index contributed by atoms with van der Waals surface area (Å²) in [5, 5.41) is 6.41. The van der Waals surface area contributed by atoms with Crippen molar-refractivity contribution in [3.8, 4) is 0 Å². The van der Waals surface area contributed by atoms with E-state index in [0.717, 1.165) is 19.4 Å². The van der Waals surface area contributed by atoms with E-state index in [-0.39, 0.29) is 17.9 Å². The van der Waals surface area contributed by atoms with Gasteiger partial charge in [0.2, 0.25) is 11.8 Å². The smallest absolute Gasteiger partial charge is 0.245 e. The summed E-state index contributed by atoms with van der Waals surface area (Å²) in [7, 11) is 0. The number of likely N-dealkylation sites (N-methyl/N-ethyl adjacent to an activating group) is 1. The van der Waals surface area contributed by atoms with Crippen LogP contribution in [0.1, 0.15) is 45.4 Å². The maximum Gasteiger partial charge on any atom is 0.245 e. The van der Waals surface area contributed by atoms with Gasteiger partial charge in [0.05, 0.1) is 0 Å². The molecule has 2 N–H and O–H groups in total. The summed E-state index contributed by atoms with van der Waals surface area (Å²) in [5.74, 6) is 0.138. The number of nitrogens with zero attached hydrogens (tertiary/aromatic N) is 1. The molecule has 2 unspecified atom stereocenters. The fraction of sp³-hybridized carbons (Fsp3) is 0.857. The number of piperidine rings is 1. The van der Waals surface area contributed by atoms with Crippen LogP contribution in [0.25, 0.3) is 0 Å². The number of hydrogen-bond acceptors (Lipinski definition) is 3. The summed E-state index contributed by atoms with van der Waals surface area (Å²) in [5.41, 5.74) is 0. The maximum atomic E-state index is 12.5. The molecule has 0 spiro atoms. The molecule has 3 aliphatic heterocycles. The van der Waals surface area contributed by atoms with Gasteiger partial charge < -0.3 is 15.5 Å². The molecular weight excluding hydrogens is 242 g/mol. The highest BCUT2D eigenvalue weighted by molar-refractivity contribution is 5.91. The van der Waals surface area contributed by atoms with E-state index in [1.54, 1.807) is 0 Å². The van der Waals surface area contributed by atoms with Crippen LogP contribution >= 0.6 is 0 Å². The van der Waals surface area contributed by atoms with Gasteiger partial charge in [-0.1, -0.05) is 0 Å². The molecule has 0 saturated carbocycles. The number of fused-ring (bicyclic) bond motifs is 2. The first-order chi connectivity index (χ1) is 9.17. The minimum atomic E-state index is -0.278. The molecule has 3 saturated heterocycles. The summed E-state index contributed by atoms with van der Waals surface area (Å²) >= 11 is 0. The molecule has 0 aliphatic carbocycles. The second-order valence-corrected chi connectivity index (χ2v) is 6.05. The quantitative estimate of drug-likeness (QED) is 0.776. The minimum Gasteiger partial charge on any atom is -0.344 e. The highest BCUT2D eigenvalue weighted by atomic mass is 16.2. The Morgan fingerprint density at radius 1 is 1.26 bits per heavy atom. The van der Waals surface area contributed by atoms with E-state index >= 15 is 0 Å². The van der Waals surface area contributed by atoms with Crippen LogP contribution in [0.2, 0.25) is 0 Å². The molecular formula is C14H23N3O2. The average molecular weight is 265 g/mol. The van der Waals surface area contributed by atoms with Crippen molar-refractivity contribution in [2.45, 2.75) is 69.6 Å². The van der Waals surface area contributed by atoms with Gasteiger partial charge >= 0.3 is 0 Å². The van der Waals surface area contributed by atoms with Crippen LogP contribution in [0.4, 0.5) is 0 Å². The molecule has 3 atom stereocenters. The Balaban J connectivity index is 1.66. The summed E-state index contributed by atoms with van der Waals surface area (Å²) in [6.45, 7) is 2.79. The third-order valence-electron chi connectivity index (χ3n) is 4.81. The number of carbonyl (C=O) groups is 2. The van der Waals surface area contributed by atoms with Crippen molar-refractivity contribution in [2.75, 3.05) is 6.54 Å². The van der Waals surface area contributed by atoms with E-state index in [1.165, 1.54) is 12.8 Å². The molecule has 5 nitrogen and oxygen atoms in total. The van der Waals surface area contributed by atoms with Crippen molar-refractivity contribution < 1.29 is 9.59 Å². The first-order valence-electron chi connectivity index (χ1n) is 7.53. The molecule has 3 rings (SSSR count). The van der Waals surface area contributed by atoms with Gasteiger partial charge in [-0.3, -0.25) is 9.59 Å². The number of hydrogen-bond donors (Lipinski definition) is 2. The SMILES string of the molecule is CCN(C(=O)[C@H]1CCC(=O)N1)C1CC2CCC(C1)N2. The monoisotopic (exact) mass is 265 g/mol. The first kappa shape index (κ1) is 12.9. The first-order valence-corrected chi connectivity index (χ1v) is 7.53. The Morgan fingerprint density at radius 3 is 2.47 bits per heavy atom. The Kier molecular flexibility index (Phi) is 3.48. The maximum absolute atomic E-state index is 12.5. The molecule has 2 amide bonds. The second kappa shape index (κ2) is 5.12. The van der Waals surface area contributed by atoms with Crippen LogP contribution in [-0.4, -0.2) is 47.4 Å². The lowest BCUT2D eigenvalue weighted by Crippen LogP contribution is -2.54. The topological polar surface area (TPSA) is 61.4 Å². The highest BCUT2D eigenvalue weighted by Gasteiger charge is 2.39. The molecule has 3 fully saturated rings. The van der Waals surface area contributed by atoms with Crippen molar-refractivity contribution in [1.29, 1.82) is 0 Å². The van der Waals surface area contributed by atoms with Crippen LogP contribution in [0.5, 0.6) is 0 Å². The number of carbonyl (C=O) groups excluding carboxylic acids is 2. The summed E-state index contributed by atoms with van der Waals surface area (Å²) in [6.07, 6.45) is 5.77. The van der Waals surface area contributed by atoms with Gasteiger partial charge in [-0.15, -0.1) is 0 Å². The van der Waals surface area contributed by atoms with Crippen molar-refractivity contribution in [3.63, 3.8) is 0 Å². The molecule has 3 aliphatic rings. The van der Waals surface area contributed by atoms with Gasteiger partial charge in [0.15, 0.2) is 0 Å². The fourth-order valence-corrected chi connectivity index (χ4v) is 3.88. The second-order valence-electron chi connectivity index (χ2n) is 6.05. The lowest BCUT2D eigenvalue weighted by Gasteiger charge is -2.38. The van der Waals surface area contributed by atoms with Crippen molar-refractivity contribution in [2.24, 2.45) is 0 Å². The zero-order valence-corrected chi connectivity index (χ0v) is 11.5. The van der Waals surface area contributed by atoms with E-state index in [0.29, 0.717) is 31.0 Å². The van der Waals surface area contributed by atoms with Crippen molar-refractivity contribution in [3.05, 3.63) is 0 Å². The van der Waals surface area contributed by atoms with Crippen molar-refractivity contribution in [1.82, 2.24) is 15.5 Å². The van der Waals surface area contributed by atoms with Gasteiger partial charge in [-0.05, 0) is 39.0 Å². The lowest BCUT2D eigenvalue weighted by molar-refractivity contribution is -0.137. The van der Waals surface area contributed by atoms with Crippen LogP contribution < -0.4 is 10.6 Å². The highest BCUT2D eigenvalue weighted by Crippen LogP contribution is 2.30. The third-order valence-corrected chi connectivity index (χ3v) is 4.81. The largest absolute Gasteiger partial charge is 0.344 e. The van der Waals surface area contributed by atoms with Gasteiger partial charge in [0, 0.05) is 31.1 Å². The van der Waals surface area contributed by atoms with Crippen LogP contribution in [-0.2, 0) is 9.59 Å². The summed E-state index contributed by atoms with van der Waals surface area (Å²) in [6, 6.07) is 1.25. The predicted molar refractivity (Wildman–Crippen MR) is 71.5 cm³/mol. The van der Waals surface area contributed by atoms with Gasteiger partial charge in [-0.2, -0.15) is 0 Å². The van der Waals surface area contributed by atoms with Gasteiger partial charge in [0.25, 0.3) is 0 Å². The van der Waals surface area contributed by atoms with Crippen LogP contribution in [0.3, 0.4) is 0 Å². The van der Waals surface area contributed by atoms with E-state index in [2.05, 4.69) is 10.6 Å². The van der Waals surface area contributed by atoms with E-state index in [1.807, 2.05) is 11.8 Å². The lowest BCUT2D eigenvalue weighted by atomic mass is 9.97. The molecule has 0 aromatic heterocycles. The van der Waals surface area contributed by atoms with E-state index < -0.39 is 0 Å². The molecule has 0 aromatic rings. The Bertz CT molecular complexity index is 373. The zero-order valence-electron chi connectivity index (χ0n) is 11.5. The normalized spacial score (nSPS) is 37.2. The Labute approximate surface area is 114 Å². The van der Waals surface area contributed by atoms with Crippen LogP contribution in [0, 0.1) is 0 Å². The molecule has 0 radical (unpaired) electrons. The van der Waals surface area contributed by atoms with Crippen LogP contribution in [0.15, 0.2) is 0 Å². The average Bonchev–Trinajstić information content (AvgIpc) is 2.97. The summed E-state index contributed by atoms with van der Waals surface area (Å²) < 4.78 is 0. The summed E-state index contributed by atoms with van der Waals surface area (Å²) in [4.78, 5) is 25.8. The van der Waals surface area contributed by atoms with Crippen molar-refractivity contribution >= 4 is 11.8 Å². The fourth-order valence-electron chi connectivity index (χ4n) is 3.88. The molecule has 19 heavy (non-hydrogen) atoms. The Morgan fingerprint density at radius 2 is 1.95 bits per heavy atom. The minimum absolute atomic E-state index is 0.0137. The number of amides is 2. The number of rotatable bonds is 3. The third kappa shape index (κ3) is 2.48. The standard InChI is InChI=1S/C14H23N3O2/c1-2-17(14(19)12-5-6-13(18)16-12)11-7-9-3-4-10(8-11)15-9/h9-12,15H,2-8H2,1H3,(H,16,18)/t9?,10?,11?,12-/m1/s1. The molecule has 3 heterocycles. The zero-order chi connectivity index (χ0) is 13.4. The molecule has 0 aromatic carbocycles. The molecule has 106 valence electrons. The number of nitrogens with one attached hydrogen (secondary N) is 2. The van der Waals surface area contributed by atoms with Gasteiger partial charge in [0.1, 0.15) is 6.04 Å². The van der Waals surface area contributed by atoms with E-state index in [9.17, 15) is 9.59 Å². The predicted octanol–water partition coefficient (Wildman–Crippen LogP) is 0.397. The van der Waals surface area contributed by atoms with E-state index in [4.69, 9.17) is 0 Å². The van der Waals surface area contributed by atoms with Gasteiger partial charge in [-0.25, -0.2) is 0 Å². The Hall–Kier alpha value is -1.10. The molecule has 2 bridgehead atoms. The molecule has 5 heteroatoms.